The molecule has 1 aromatic heterocycles. The molecule has 0 fully saturated rings. The first-order chi connectivity index (χ1) is 21.0. The van der Waals surface area contributed by atoms with Crippen LogP contribution < -0.4 is 4.90 Å². The predicted molar refractivity (Wildman–Crippen MR) is 175 cm³/mol. The molecule has 1 heterocycles. The van der Waals surface area contributed by atoms with Crippen molar-refractivity contribution in [3.63, 3.8) is 0 Å². The molecule has 0 aliphatic carbocycles. The summed E-state index contributed by atoms with van der Waals surface area (Å²) in [4.78, 5) is 29.4. The Labute approximate surface area is 265 Å². The number of nitrogens with zero attached hydrogens (tertiary/aromatic N) is 2. The SMILES string of the molecule is CCOC(=O)C(C(=O)N(C)c1ccccc1)=C(c1ccccc1)c1cn(S(=O)(=O)c2ccc(C)cc2)c2cc(Cl)cc(Cl)c12. The summed E-state index contributed by atoms with van der Waals surface area (Å²) >= 11 is 13.2. The van der Waals surface area contributed by atoms with Gasteiger partial charge in [-0.2, -0.15) is 0 Å². The minimum absolute atomic E-state index is 0.00661. The zero-order valence-corrected chi connectivity index (χ0v) is 26.5. The molecule has 0 spiro atoms. The lowest BCUT2D eigenvalue weighted by Gasteiger charge is -2.21. The van der Waals surface area contributed by atoms with Crippen LogP contribution in [0, 0.1) is 6.92 Å². The van der Waals surface area contributed by atoms with Crippen molar-refractivity contribution in [1.29, 1.82) is 0 Å². The Hall–Kier alpha value is -4.37. The quantitative estimate of drug-likeness (QED) is 0.0753. The van der Waals surface area contributed by atoms with E-state index < -0.39 is 21.9 Å². The number of aryl methyl sites for hydroxylation is 1. The number of benzene rings is 4. The van der Waals surface area contributed by atoms with Crippen LogP contribution in [-0.4, -0.2) is 37.9 Å². The topological polar surface area (TPSA) is 85.7 Å². The molecule has 224 valence electrons. The summed E-state index contributed by atoms with van der Waals surface area (Å²) in [7, 11) is -2.63. The van der Waals surface area contributed by atoms with Crippen molar-refractivity contribution in [2.75, 3.05) is 18.6 Å². The number of fused-ring (bicyclic) bond motifs is 1. The van der Waals surface area contributed by atoms with Crippen LogP contribution in [0.2, 0.25) is 10.0 Å². The smallest absolute Gasteiger partial charge is 0.344 e. The number of hydrogen-bond acceptors (Lipinski definition) is 5. The van der Waals surface area contributed by atoms with Gasteiger partial charge in [0.05, 0.1) is 22.0 Å². The molecule has 0 aliphatic heterocycles. The molecule has 0 bridgehead atoms. The number of hydrogen-bond donors (Lipinski definition) is 0. The lowest BCUT2D eigenvalue weighted by Crippen LogP contribution is -2.32. The van der Waals surface area contributed by atoms with E-state index in [1.54, 1.807) is 80.7 Å². The van der Waals surface area contributed by atoms with E-state index in [2.05, 4.69) is 0 Å². The molecule has 44 heavy (non-hydrogen) atoms. The van der Waals surface area contributed by atoms with Crippen molar-refractivity contribution in [2.45, 2.75) is 18.7 Å². The van der Waals surface area contributed by atoms with Gasteiger partial charge < -0.3 is 9.64 Å². The van der Waals surface area contributed by atoms with E-state index in [-0.39, 0.29) is 43.8 Å². The van der Waals surface area contributed by atoms with Crippen molar-refractivity contribution < 1.29 is 22.7 Å². The Morgan fingerprint density at radius 2 is 1.50 bits per heavy atom. The molecule has 4 aromatic carbocycles. The fourth-order valence-corrected chi connectivity index (χ4v) is 6.88. The van der Waals surface area contributed by atoms with Crippen LogP contribution in [0.5, 0.6) is 0 Å². The molecule has 10 heteroatoms. The summed E-state index contributed by atoms with van der Waals surface area (Å²) in [6.45, 7) is 3.51. The number of carbonyl (C=O) groups excluding carboxylic acids is 2. The Bertz CT molecular complexity index is 2000. The normalized spacial score (nSPS) is 12.1. The number of likely N-dealkylation sites (N-methyl/N-ethyl adjacent to an activating group) is 1. The van der Waals surface area contributed by atoms with Crippen LogP contribution in [0.4, 0.5) is 5.69 Å². The fourth-order valence-electron chi connectivity index (χ4n) is 4.94. The van der Waals surface area contributed by atoms with Crippen molar-refractivity contribution in [3.8, 4) is 0 Å². The second-order valence-corrected chi connectivity index (χ2v) is 12.6. The molecular weight excluding hydrogens is 619 g/mol. The van der Waals surface area contributed by atoms with Crippen LogP contribution >= 0.6 is 23.2 Å². The molecular formula is C34H28Cl2N2O5S. The summed E-state index contributed by atoms with van der Waals surface area (Å²) in [5, 5.41) is 0.645. The third-order valence-corrected chi connectivity index (χ3v) is 9.29. The molecule has 0 unspecified atom stereocenters. The monoisotopic (exact) mass is 646 g/mol. The number of ether oxygens (including phenoxy) is 1. The van der Waals surface area contributed by atoms with Gasteiger partial charge in [-0.25, -0.2) is 17.2 Å². The molecule has 7 nitrogen and oxygen atoms in total. The number of anilines is 1. The van der Waals surface area contributed by atoms with E-state index in [1.807, 2.05) is 13.0 Å². The molecule has 5 aromatic rings. The number of rotatable bonds is 8. The third-order valence-electron chi connectivity index (χ3n) is 7.09. The molecule has 0 aliphatic rings. The number of carbonyl (C=O) groups is 2. The summed E-state index contributed by atoms with van der Waals surface area (Å²) in [6, 6.07) is 27.0. The van der Waals surface area contributed by atoms with Crippen molar-refractivity contribution in [3.05, 3.63) is 136 Å². The van der Waals surface area contributed by atoms with Gasteiger partial charge in [-0.3, -0.25) is 4.79 Å². The lowest BCUT2D eigenvalue weighted by atomic mass is 9.91. The maximum Gasteiger partial charge on any atom is 0.344 e. The standard InChI is InChI=1S/C34H28Cl2N2O5S/c1-4-43-34(40)32(33(39)37(3)25-13-9-6-10-14-25)30(23-11-7-5-8-12-23)27-21-38(29-20-24(35)19-28(36)31(27)29)44(41,42)26-17-15-22(2)16-18-26/h5-21H,4H2,1-3H3. The number of halogens is 2. The number of amides is 1. The van der Waals surface area contributed by atoms with Crippen LogP contribution in [-0.2, 0) is 24.3 Å². The second-order valence-electron chi connectivity index (χ2n) is 9.97. The fraction of sp³-hybridized carbons (Fsp3) is 0.118. The third kappa shape index (κ3) is 5.88. The second kappa shape index (κ2) is 12.7. The van der Waals surface area contributed by atoms with E-state index in [9.17, 15) is 18.0 Å². The first kappa shape index (κ1) is 31.1. The molecule has 0 saturated heterocycles. The summed E-state index contributed by atoms with van der Waals surface area (Å²) in [5.41, 5.74) is 2.19. The number of para-hydroxylation sites is 1. The van der Waals surface area contributed by atoms with Crippen molar-refractivity contribution >= 4 is 67.3 Å². The van der Waals surface area contributed by atoms with Gasteiger partial charge in [-0.15, -0.1) is 0 Å². The molecule has 1 amide bonds. The first-order valence-corrected chi connectivity index (χ1v) is 15.9. The molecule has 0 N–H and O–H groups in total. The van der Waals surface area contributed by atoms with Gasteiger partial charge in [0.1, 0.15) is 5.57 Å². The summed E-state index contributed by atoms with van der Waals surface area (Å²) in [5.74, 6) is -1.52. The Morgan fingerprint density at radius 1 is 0.886 bits per heavy atom. The summed E-state index contributed by atoms with van der Waals surface area (Å²) < 4.78 is 34.7. The maximum atomic E-state index is 14.3. The van der Waals surface area contributed by atoms with E-state index in [0.29, 0.717) is 16.6 Å². The van der Waals surface area contributed by atoms with Gasteiger partial charge in [0.15, 0.2) is 0 Å². The average Bonchev–Trinajstić information content (AvgIpc) is 3.40. The van der Waals surface area contributed by atoms with E-state index >= 15 is 0 Å². The molecule has 0 atom stereocenters. The predicted octanol–water partition coefficient (Wildman–Crippen LogP) is 7.52. The van der Waals surface area contributed by atoms with Gasteiger partial charge in [0.2, 0.25) is 0 Å². The maximum absolute atomic E-state index is 14.3. The van der Waals surface area contributed by atoms with Crippen LogP contribution in [0.15, 0.2) is 114 Å². The Morgan fingerprint density at radius 3 is 2.11 bits per heavy atom. The van der Waals surface area contributed by atoms with E-state index in [0.717, 1.165) is 9.54 Å². The van der Waals surface area contributed by atoms with Crippen molar-refractivity contribution in [2.24, 2.45) is 0 Å². The Kier molecular flexibility index (Phi) is 8.97. The number of esters is 1. The highest BCUT2D eigenvalue weighted by Crippen LogP contribution is 2.41. The van der Waals surface area contributed by atoms with E-state index in [1.165, 1.54) is 35.4 Å². The van der Waals surface area contributed by atoms with Crippen molar-refractivity contribution in [1.82, 2.24) is 3.97 Å². The zero-order chi connectivity index (χ0) is 31.6. The highest BCUT2D eigenvalue weighted by Gasteiger charge is 2.33. The van der Waals surface area contributed by atoms with Gasteiger partial charge in [-0.1, -0.05) is 89.4 Å². The number of aromatic nitrogens is 1. The van der Waals surface area contributed by atoms with Gasteiger partial charge in [-0.05, 0) is 55.8 Å². The van der Waals surface area contributed by atoms with Crippen LogP contribution in [0.3, 0.4) is 0 Å². The first-order valence-electron chi connectivity index (χ1n) is 13.7. The molecule has 0 radical (unpaired) electrons. The minimum Gasteiger partial charge on any atom is -0.462 e. The summed E-state index contributed by atoms with van der Waals surface area (Å²) in [6.07, 6.45) is 1.37. The largest absolute Gasteiger partial charge is 0.462 e. The van der Waals surface area contributed by atoms with Gasteiger partial charge in [0, 0.05) is 40.5 Å². The molecule has 0 saturated carbocycles. The van der Waals surface area contributed by atoms with Gasteiger partial charge >= 0.3 is 5.97 Å². The van der Waals surface area contributed by atoms with Crippen LogP contribution in [0.25, 0.3) is 16.5 Å². The highest BCUT2D eigenvalue weighted by molar-refractivity contribution is 7.90. The molecule has 5 rings (SSSR count). The Balaban J connectivity index is 1.90. The zero-order valence-electron chi connectivity index (χ0n) is 24.1. The highest BCUT2D eigenvalue weighted by atomic mass is 35.5. The minimum atomic E-state index is -4.18. The lowest BCUT2D eigenvalue weighted by molar-refractivity contribution is -0.139. The van der Waals surface area contributed by atoms with Crippen LogP contribution in [0.1, 0.15) is 23.6 Å². The average molecular weight is 648 g/mol. The van der Waals surface area contributed by atoms with Gasteiger partial charge in [0.25, 0.3) is 15.9 Å². The van der Waals surface area contributed by atoms with E-state index in [4.69, 9.17) is 27.9 Å².